The zero-order valence-electron chi connectivity index (χ0n) is 9.59. The first-order valence-corrected chi connectivity index (χ1v) is 6.08. The van der Waals surface area contributed by atoms with Crippen molar-refractivity contribution in [2.75, 3.05) is 19.6 Å². The number of halogens is 3. The first-order chi connectivity index (χ1) is 8.00. The summed E-state index contributed by atoms with van der Waals surface area (Å²) in [5.74, 6) is -1.44. The summed E-state index contributed by atoms with van der Waals surface area (Å²) >= 11 is 0. The number of alkyl halides is 3. The van der Waals surface area contributed by atoms with Crippen LogP contribution >= 0.6 is 0 Å². The van der Waals surface area contributed by atoms with Gasteiger partial charge in [0.15, 0.2) is 0 Å². The number of likely N-dealkylation sites (tertiary alicyclic amines) is 1. The number of fused-ring (bicyclic) bond motifs is 1. The summed E-state index contributed by atoms with van der Waals surface area (Å²) in [6.07, 6.45) is -1.34. The molecule has 2 aliphatic heterocycles. The van der Waals surface area contributed by atoms with Crippen LogP contribution in [0.15, 0.2) is 0 Å². The topological polar surface area (TPSA) is 32.3 Å². The van der Waals surface area contributed by atoms with Crippen molar-refractivity contribution in [1.29, 1.82) is 0 Å². The molecule has 2 aliphatic rings. The first kappa shape index (κ1) is 12.7. The molecule has 2 atom stereocenters. The van der Waals surface area contributed by atoms with Gasteiger partial charge in [-0.3, -0.25) is 4.79 Å². The predicted molar refractivity (Wildman–Crippen MR) is 56.4 cm³/mol. The highest BCUT2D eigenvalue weighted by Crippen LogP contribution is 2.30. The molecule has 1 amide bonds. The molecule has 2 heterocycles. The van der Waals surface area contributed by atoms with E-state index in [9.17, 15) is 18.0 Å². The Balaban J connectivity index is 2.15. The van der Waals surface area contributed by atoms with Crippen LogP contribution < -0.4 is 5.32 Å². The van der Waals surface area contributed by atoms with E-state index in [1.54, 1.807) is 0 Å². The fraction of sp³-hybridized carbons (Fsp3) is 0.909. The van der Waals surface area contributed by atoms with Crippen molar-refractivity contribution in [3.8, 4) is 0 Å². The van der Waals surface area contributed by atoms with Gasteiger partial charge < -0.3 is 10.2 Å². The number of carbonyl (C=O) groups is 1. The van der Waals surface area contributed by atoms with Gasteiger partial charge in [-0.2, -0.15) is 13.2 Å². The monoisotopic (exact) mass is 250 g/mol. The van der Waals surface area contributed by atoms with Gasteiger partial charge >= 0.3 is 12.1 Å². The van der Waals surface area contributed by atoms with Gasteiger partial charge in [-0.15, -0.1) is 0 Å². The van der Waals surface area contributed by atoms with Crippen molar-refractivity contribution < 1.29 is 18.0 Å². The first-order valence-electron chi connectivity index (χ1n) is 6.08. The molecule has 17 heavy (non-hydrogen) atoms. The number of rotatable bonds is 0. The molecule has 2 saturated heterocycles. The van der Waals surface area contributed by atoms with E-state index in [1.165, 1.54) is 0 Å². The third-order valence-electron chi connectivity index (χ3n) is 3.72. The van der Waals surface area contributed by atoms with Crippen molar-refractivity contribution in [3.05, 3.63) is 0 Å². The van der Waals surface area contributed by atoms with Crippen LogP contribution in [0.4, 0.5) is 13.2 Å². The van der Waals surface area contributed by atoms with Gasteiger partial charge in [0.1, 0.15) is 0 Å². The van der Waals surface area contributed by atoms with Gasteiger partial charge in [0, 0.05) is 19.1 Å². The number of nitrogens with zero attached hydrogens (tertiary/aromatic N) is 1. The average molecular weight is 250 g/mol. The zero-order valence-corrected chi connectivity index (χ0v) is 9.59. The van der Waals surface area contributed by atoms with Gasteiger partial charge in [-0.1, -0.05) is 6.42 Å². The Morgan fingerprint density at radius 2 is 2.00 bits per heavy atom. The summed E-state index contributed by atoms with van der Waals surface area (Å²) < 4.78 is 37.5. The molecule has 0 aromatic carbocycles. The average Bonchev–Trinajstić information content (AvgIpc) is 2.48. The standard InChI is InChI=1S/C11H17F3N2O/c12-11(13,14)10(17)16-6-2-1-3-8-4-5-15-7-9(8)16/h8-9,15H,1-7H2. The van der Waals surface area contributed by atoms with E-state index < -0.39 is 12.1 Å². The highest BCUT2D eigenvalue weighted by molar-refractivity contribution is 5.82. The van der Waals surface area contributed by atoms with Crippen molar-refractivity contribution in [1.82, 2.24) is 10.2 Å². The lowest BCUT2D eigenvalue weighted by Crippen LogP contribution is -2.55. The molecule has 6 heteroatoms. The van der Waals surface area contributed by atoms with Crippen LogP contribution in [0.3, 0.4) is 0 Å². The SMILES string of the molecule is O=C(N1CCCCC2CCNCC21)C(F)(F)F. The highest BCUT2D eigenvalue weighted by atomic mass is 19.4. The van der Waals surface area contributed by atoms with Crippen LogP contribution in [-0.2, 0) is 4.79 Å². The summed E-state index contributed by atoms with van der Waals surface area (Å²) in [6, 6.07) is -0.277. The van der Waals surface area contributed by atoms with Crippen molar-refractivity contribution in [2.45, 2.75) is 37.9 Å². The van der Waals surface area contributed by atoms with E-state index in [-0.39, 0.29) is 18.5 Å². The Hall–Kier alpha value is -0.780. The second-order valence-electron chi connectivity index (χ2n) is 4.81. The molecule has 2 rings (SSSR count). The Bertz CT molecular complexity index is 293. The van der Waals surface area contributed by atoms with Crippen LogP contribution in [0.2, 0.25) is 0 Å². The predicted octanol–water partition coefficient (Wildman–Crippen LogP) is 1.54. The third-order valence-corrected chi connectivity index (χ3v) is 3.72. The number of amides is 1. The summed E-state index contributed by atoms with van der Waals surface area (Å²) in [4.78, 5) is 12.4. The molecule has 0 saturated carbocycles. The van der Waals surface area contributed by atoms with Crippen molar-refractivity contribution in [2.24, 2.45) is 5.92 Å². The summed E-state index contributed by atoms with van der Waals surface area (Å²) in [5, 5.41) is 3.09. The third kappa shape index (κ3) is 2.73. The lowest BCUT2D eigenvalue weighted by atomic mass is 9.88. The largest absolute Gasteiger partial charge is 0.471 e. The summed E-state index contributed by atoms with van der Waals surface area (Å²) in [6.45, 7) is 1.57. The Labute approximate surface area is 98.3 Å². The molecule has 2 fully saturated rings. The van der Waals surface area contributed by atoms with E-state index in [0.717, 1.165) is 30.7 Å². The quantitative estimate of drug-likeness (QED) is 0.707. The molecule has 0 aliphatic carbocycles. The van der Waals surface area contributed by atoms with E-state index >= 15 is 0 Å². The number of hydrogen-bond acceptors (Lipinski definition) is 2. The number of piperidine rings is 1. The van der Waals surface area contributed by atoms with Crippen molar-refractivity contribution in [3.63, 3.8) is 0 Å². The van der Waals surface area contributed by atoms with Gasteiger partial charge in [0.05, 0.1) is 0 Å². The minimum atomic E-state index is -4.74. The molecule has 0 aromatic rings. The molecular formula is C11H17F3N2O. The second kappa shape index (κ2) is 4.84. The number of carbonyl (C=O) groups excluding carboxylic acids is 1. The molecule has 2 unspecified atom stereocenters. The van der Waals surface area contributed by atoms with E-state index in [0.29, 0.717) is 13.0 Å². The molecular weight excluding hydrogens is 233 g/mol. The van der Waals surface area contributed by atoms with Gasteiger partial charge in [0.25, 0.3) is 0 Å². The molecule has 3 nitrogen and oxygen atoms in total. The van der Waals surface area contributed by atoms with E-state index in [4.69, 9.17) is 0 Å². The maximum Gasteiger partial charge on any atom is 0.471 e. The number of hydrogen-bond donors (Lipinski definition) is 1. The Kier molecular flexibility index (Phi) is 3.61. The van der Waals surface area contributed by atoms with Gasteiger partial charge in [0.2, 0.25) is 0 Å². The van der Waals surface area contributed by atoms with Crippen LogP contribution in [0.5, 0.6) is 0 Å². The molecule has 0 radical (unpaired) electrons. The van der Waals surface area contributed by atoms with Crippen LogP contribution in [-0.4, -0.2) is 42.7 Å². The minimum absolute atomic E-state index is 0.227. The van der Waals surface area contributed by atoms with Crippen LogP contribution in [0, 0.1) is 5.92 Å². The lowest BCUT2D eigenvalue weighted by Gasteiger charge is -2.38. The highest BCUT2D eigenvalue weighted by Gasteiger charge is 2.46. The van der Waals surface area contributed by atoms with Crippen LogP contribution in [0.25, 0.3) is 0 Å². The minimum Gasteiger partial charge on any atom is -0.330 e. The molecule has 98 valence electrons. The molecule has 1 N–H and O–H groups in total. The maximum atomic E-state index is 12.5. The summed E-state index contributed by atoms with van der Waals surface area (Å²) in [5.41, 5.74) is 0. The zero-order chi connectivity index (χ0) is 12.5. The lowest BCUT2D eigenvalue weighted by molar-refractivity contribution is -0.188. The molecule has 0 bridgehead atoms. The smallest absolute Gasteiger partial charge is 0.330 e. The van der Waals surface area contributed by atoms with E-state index in [2.05, 4.69) is 5.32 Å². The molecule has 0 aromatic heterocycles. The Morgan fingerprint density at radius 1 is 1.24 bits per heavy atom. The normalized spacial score (nSPS) is 30.6. The Morgan fingerprint density at radius 3 is 2.71 bits per heavy atom. The fourth-order valence-corrected chi connectivity index (χ4v) is 2.87. The maximum absolute atomic E-state index is 12.5. The summed E-state index contributed by atoms with van der Waals surface area (Å²) in [7, 11) is 0. The van der Waals surface area contributed by atoms with Crippen LogP contribution in [0.1, 0.15) is 25.7 Å². The number of nitrogens with one attached hydrogen (secondary N) is 1. The molecule has 0 spiro atoms. The van der Waals surface area contributed by atoms with E-state index in [1.807, 2.05) is 0 Å². The second-order valence-corrected chi connectivity index (χ2v) is 4.81. The van der Waals surface area contributed by atoms with Crippen molar-refractivity contribution >= 4 is 5.91 Å². The van der Waals surface area contributed by atoms with Gasteiger partial charge in [-0.25, -0.2) is 0 Å². The van der Waals surface area contributed by atoms with Gasteiger partial charge in [-0.05, 0) is 31.7 Å². The fourth-order valence-electron chi connectivity index (χ4n) is 2.87.